The van der Waals surface area contributed by atoms with E-state index >= 15 is 0 Å². The number of hydrogen-bond donors (Lipinski definition) is 7. The number of primary amides is 1. The average molecular weight is 1000 g/mol. The molecule has 9 N–H and O–H groups in total. The number of anilines is 1. The van der Waals surface area contributed by atoms with Gasteiger partial charge < -0.3 is 52.2 Å². The lowest BCUT2D eigenvalue weighted by Crippen LogP contribution is -2.61. The number of carboxylic acids is 1. The van der Waals surface area contributed by atoms with Gasteiger partial charge in [-0.1, -0.05) is 82.3 Å². The SMILES string of the molecule is CC(C)c1ccc(CNC(=O)[C@H](CCC(N)=O)NC(=O)[C@@H]2CC[C@@H]3CCN(C(=O)NCCCCCCCCCc4cncc(-c5cccc(C(=O)Nc6ccc(=O)n(CC(=O)O)c6)c5)c4)C[C@H](N)C(=O)N32)cc1. The van der Waals surface area contributed by atoms with Crippen molar-refractivity contribution in [3.63, 3.8) is 0 Å². The van der Waals surface area contributed by atoms with E-state index in [-0.39, 0.29) is 38.0 Å². The van der Waals surface area contributed by atoms with Gasteiger partial charge in [-0.05, 0) is 97.4 Å². The highest BCUT2D eigenvalue weighted by molar-refractivity contribution is 6.05. The van der Waals surface area contributed by atoms with Crippen LogP contribution in [0.4, 0.5) is 10.5 Å². The van der Waals surface area contributed by atoms with E-state index in [2.05, 4.69) is 46.2 Å². The number of nitrogens with two attached hydrogens (primary N) is 2. The fourth-order valence-corrected chi connectivity index (χ4v) is 9.35. The van der Waals surface area contributed by atoms with E-state index in [0.717, 1.165) is 78.2 Å². The molecule has 4 atom stereocenters. The first-order valence-electron chi connectivity index (χ1n) is 25.4. The molecule has 2 saturated heterocycles. The van der Waals surface area contributed by atoms with Crippen molar-refractivity contribution < 1.29 is 38.7 Å². The molecule has 73 heavy (non-hydrogen) atoms. The van der Waals surface area contributed by atoms with E-state index in [1.54, 1.807) is 29.3 Å². The molecule has 4 aromatic rings. The predicted octanol–water partition coefficient (Wildman–Crippen LogP) is 4.81. The second-order valence-corrected chi connectivity index (χ2v) is 19.4. The van der Waals surface area contributed by atoms with Crippen molar-refractivity contribution in [1.82, 2.24) is 35.3 Å². The quantitative estimate of drug-likeness (QED) is 0.0468. The van der Waals surface area contributed by atoms with Crippen LogP contribution < -0.4 is 38.3 Å². The molecule has 0 saturated carbocycles. The highest BCUT2D eigenvalue weighted by Crippen LogP contribution is 2.30. The highest BCUT2D eigenvalue weighted by Gasteiger charge is 2.45. The van der Waals surface area contributed by atoms with Gasteiger partial charge in [0.05, 0.1) is 5.69 Å². The normalized spacial score (nSPS) is 17.0. The number of urea groups is 1. The van der Waals surface area contributed by atoms with E-state index < -0.39 is 65.7 Å². The number of nitrogens with zero attached hydrogens (tertiary/aromatic N) is 4. The number of nitrogens with one attached hydrogen (secondary N) is 4. The second-order valence-electron chi connectivity index (χ2n) is 19.4. The van der Waals surface area contributed by atoms with Crippen molar-refractivity contribution >= 4 is 47.2 Å². The molecule has 2 fully saturated rings. The van der Waals surface area contributed by atoms with Gasteiger partial charge in [0.15, 0.2) is 0 Å². The van der Waals surface area contributed by atoms with Gasteiger partial charge in [0, 0.05) is 74.4 Å². The van der Waals surface area contributed by atoms with Gasteiger partial charge in [-0.15, -0.1) is 0 Å². The van der Waals surface area contributed by atoms with E-state index in [1.165, 1.54) is 28.8 Å². The molecule has 0 aliphatic carbocycles. The summed E-state index contributed by atoms with van der Waals surface area (Å²) in [6, 6.07) is 16.2. The van der Waals surface area contributed by atoms with Crippen LogP contribution in [-0.4, -0.2) is 110 Å². The first-order valence-corrected chi connectivity index (χ1v) is 25.4. The van der Waals surface area contributed by atoms with Gasteiger partial charge in [0.2, 0.25) is 23.6 Å². The molecule has 0 radical (unpaired) electrons. The number of unbranched alkanes of at least 4 members (excludes halogenated alkanes) is 6. The van der Waals surface area contributed by atoms with Crippen LogP contribution in [0.5, 0.6) is 0 Å². The third-order valence-electron chi connectivity index (χ3n) is 13.5. The number of carbonyl (C=O) groups is 7. The molecule has 2 aliphatic rings. The maximum absolute atomic E-state index is 13.8. The molecule has 19 nitrogen and oxygen atoms in total. The van der Waals surface area contributed by atoms with Crippen LogP contribution in [0.25, 0.3) is 11.1 Å². The number of rotatable bonds is 24. The summed E-state index contributed by atoms with van der Waals surface area (Å²) in [4.78, 5) is 110. The molecular weight excluding hydrogens is 933 g/mol. The van der Waals surface area contributed by atoms with Gasteiger partial charge in [-0.2, -0.15) is 0 Å². The minimum absolute atomic E-state index is 0.00201. The molecule has 0 spiro atoms. The van der Waals surface area contributed by atoms with Crippen LogP contribution in [0, 0.1) is 0 Å². The predicted molar refractivity (Wildman–Crippen MR) is 276 cm³/mol. The zero-order chi connectivity index (χ0) is 52.4. The van der Waals surface area contributed by atoms with Gasteiger partial charge in [0.1, 0.15) is 24.7 Å². The number of carboxylic acid groups (broad SMARTS) is 1. The molecule has 7 amide bonds. The minimum Gasteiger partial charge on any atom is -0.480 e. The summed E-state index contributed by atoms with van der Waals surface area (Å²) in [5.74, 6) is -3.20. The number of pyridine rings is 2. The minimum atomic E-state index is -1.17. The monoisotopic (exact) mass is 1000 g/mol. The summed E-state index contributed by atoms with van der Waals surface area (Å²) in [7, 11) is 0. The van der Waals surface area contributed by atoms with Crippen LogP contribution in [0.15, 0.2) is 90.1 Å². The zero-order valence-corrected chi connectivity index (χ0v) is 41.9. The number of fused-ring (bicyclic) bond motifs is 1. The number of aromatic nitrogens is 2. The molecule has 6 rings (SSSR count). The first kappa shape index (κ1) is 54.9. The molecule has 4 heterocycles. The van der Waals surface area contributed by atoms with Crippen LogP contribution >= 0.6 is 0 Å². The Morgan fingerprint density at radius 2 is 1.56 bits per heavy atom. The third kappa shape index (κ3) is 16.3. The Bertz CT molecular complexity index is 2640. The Morgan fingerprint density at radius 1 is 0.822 bits per heavy atom. The summed E-state index contributed by atoms with van der Waals surface area (Å²) in [6.45, 7) is 4.76. The average Bonchev–Trinajstić information content (AvgIpc) is 3.80. The van der Waals surface area contributed by atoms with E-state index in [0.29, 0.717) is 49.5 Å². The summed E-state index contributed by atoms with van der Waals surface area (Å²) < 4.78 is 1.01. The van der Waals surface area contributed by atoms with Gasteiger partial charge >= 0.3 is 12.0 Å². The largest absolute Gasteiger partial charge is 0.480 e. The highest BCUT2D eigenvalue weighted by atomic mass is 16.4. The fraction of sp³-hybridized carbons (Fsp3) is 0.463. The van der Waals surface area contributed by atoms with Gasteiger partial charge in [0.25, 0.3) is 11.5 Å². The zero-order valence-electron chi connectivity index (χ0n) is 41.9. The number of carbonyl (C=O) groups excluding carboxylic acids is 6. The molecule has 390 valence electrons. The van der Waals surface area contributed by atoms with Crippen molar-refractivity contribution in [1.29, 1.82) is 0 Å². The summed E-state index contributed by atoms with van der Waals surface area (Å²) in [5, 5.41) is 20.4. The maximum Gasteiger partial charge on any atom is 0.323 e. The van der Waals surface area contributed by atoms with Crippen molar-refractivity contribution in [3.05, 3.63) is 118 Å². The number of aryl methyl sites for hydroxylation is 1. The molecule has 2 aromatic heterocycles. The van der Waals surface area contributed by atoms with Crippen molar-refractivity contribution in [2.24, 2.45) is 11.5 Å². The Labute approximate surface area is 425 Å². The Balaban J connectivity index is 0.870. The molecular formula is C54H70N10O9. The lowest BCUT2D eigenvalue weighted by atomic mass is 10.0. The Morgan fingerprint density at radius 3 is 2.29 bits per heavy atom. The number of benzene rings is 2. The summed E-state index contributed by atoms with van der Waals surface area (Å²) in [5.41, 5.74) is 16.9. The van der Waals surface area contributed by atoms with Crippen molar-refractivity contribution in [2.75, 3.05) is 25.0 Å². The smallest absolute Gasteiger partial charge is 0.323 e. The van der Waals surface area contributed by atoms with Gasteiger partial charge in [-0.3, -0.25) is 38.5 Å². The van der Waals surface area contributed by atoms with Crippen LogP contribution in [-0.2, 0) is 43.5 Å². The number of hydrogen-bond acceptors (Lipinski definition) is 10. The first-order chi connectivity index (χ1) is 35.1. The van der Waals surface area contributed by atoms with E-state index in [9.17, 15) is 38.4 Å². The van der Waals surface area contributed by atoms with E-state index in [1.807, 2.05) is 36.5 Å². The van der Waals surface area contributed by atoms with Crippen LogP contribution in [0.2, 0.25) is 0 Å². The number of amides is 7. The Kier molecular flexibility index (Phi) is 20.2. The number of aliphatic carboxylic acids is 1. The fourth-order valence-electron chi connectivity index (χ4n) is 9.35. The lowest BCUT2D eigenvalue weighted by Gasteiger charge is -2.37. The Hall–Kier alpha value is -7.41. The van der Waals surface area contributed by atoms with Crippen LogP contribution in [0.1, 0.15) is 124 Å². The van der Waals surface area contributed by atoms with Crippen molar-refractivity contribution in [3.8, 4) is 11.1 Å². The maximum atomic E-state index is 13.8. The molecule has 2 aliphatic heterocycles. The van der Waals surface area contributed by atoms with E-state index in [4.69, 9.17) is 16.6 Å². The molecule has 19 heteroatoms. The molecule has 2 aromatic carbocycles. The van der Waals surface area contributed by atoms with Crippen molar-refractivity contribution in [2.45, 2.75) is 140 Å². The summed E-state index contributed by atoms with van der Waals surface area (Å²) >= 11 is 0. The second kappa shape index (κ2) is 26.9. The van der Waals surface area contributed by atoms with Gasteiger partial charge in [-0.25, -0.2) is 4.79 Å². The lowest BCUT2D eigenvalue weighted by molar-refractivity contribution is -0.143. The standard InChI is InChI=1S/C54H70N10O9/c1-35(2)38-16-14-36(15-17-38)30-59-51(70)45(20-22-47(56)65)61-52(71)46-21-19-43-24-26-62(33-44(55)53(72)64(43)46)54(73)58-25-9-7-5-3-4-6-8-11-37-27-41(31-57-29-37)39-12-10-13-40(28-39)50(69)60-42-18-23-48(66)63(32-42)34-49(67)68/h10,12-18,23,27-29,31-32,35,43-46H,3-9,11,19-22,24-26,30,33-34,55H2,1-2H3,(H2,56,65)(H,58,73)(H,59,70)(H,60,69)(H,61,71)(H,67,68)/t43-,44+,45+,46+/m1/s1. The third-order valence-corrected chi connectivity index (χ3v) is 13.5. The topological polar surface area (TPSA) is 281 Å². The molecule has 0 unspecified atom stereocenters. The summed E-state index contributed by atoms with van der Waals surface area (Å²) in [6.07, 6.45) is 14.0. The molecule has 0 bridgehead atoms. The van der Waals surface area contributed by atoms with Crippen LogP contribution in [0.3, 0.4) is 0 Å².